The number of aliphatic hydroxyl groups is 1. The molecule has 0 aliphatic carbocycles. The SMILES string of the molecule is CCOc1cc(-c2ccccc2)sc1C(=O)N1CCC(O)CC1. The van der Waals surface area contributed by atoms with Gasteiger partial charge in [-0.05, 0) is 31.4 Å². The maximum absolute atomic E-state index is 12.8. The van der Waals surface area contributed by atoms with Crippen LogP contribution in [-0.4, -0.2) is 41.7 Å². The van der Waals surface area contributed by atoms with E-state index in [4.69, 9.17) is 4.74 Å². The first-order valence-corrected chi connectivity index (χ1v) is 8.80. The molecule has 122 valence electrons. The lowest BCUT2D eigenvalue weighted by Gasteiger charge is -2.29. The molecular formula is C18H21NO3S. The van der Waals surface area contributed by atoms with Gasteiger partial charge in [0.2, 0.25) is 0 Å². The Morgan fingerprint density at radius 1 is 1.30 bits per heavy atom. The van der Waals surface area contributed by atoms with Crippen molar-refractivity contribution in [2.45, 2.75) is 25.9 Å². The zero-order valence-corrected chi connectivity index (χ0v) is 14.0. The predicted octanol–water partition coefficient (Wildman–Crippen LogP) is 3.41. The van der Waals surface area contributed by atoms with Crippen molar-refractivity contribution < 1.29 is 14.6 Å². The number of carbonyl (C=O) groups excluding carboxylic acids is 1. The molecule has 0 unspecified atom stereocenters. The molecule has 1 aromatic carbocycles. The summed E-state index contributed by atoms with van der Waals surface area (Å²) in [5.41, 5.74) is 1.09. The van der Waals surface area contributed by atoms with E-state index in [1.807, 2.05) is 48.2 Å². The molecule has 2 aromatic rings. The standard InChI is InChI=1S/C18H21NO3S/c1-2-22-15-12-16(13-6-4-3-5-7-13)23-17(15)18(21)19-10-8-14(20)9-11-19/h3-7,12,14,20H,2,8-11H2,1H3. The van der Waals surface area contributed by atoms with E-state index in [1.165, 1.54) is 11.3 Å². The minimum absolute atomic E-state index is 0.00697. The molecule has 0 atom stereocenters. The topological polar surface area (TPSA) is 49.8 Å². The number of likely N-dealkylation sites (tertiary alicyclic amines) is 1. The summed E-state index contributed by atoms with van der Waals surface area (Å²) in [7, 11) is 0. The maximum atomic E-state index is 12.8. The average molecular weight is 331 g/mol. The summed E-state index contributed by atoms with van der Waals surface area (Å²) in [5, 5.41) is 9.61. The zero-order chi connectivity index (χ0) is 16.2. The van der Waals surface area contributed by atoms with E-state index in [0.717, 1.165) is 10.4 Å². The van der Waals surface area contributed by atoms with Gasteiger partial charge in [0, 0.05) is 18.0 Å². The van der Waals surface area contributed by atoms with Crippen molar-refractivity contribution in [1.82, 2.24) is 4.90 Å². The highest BCUT2D eigenvalue weighted by atomic mass is 32.1. The first-order valence-electron chi connectivity index (χ1n) is 7.98. The van der Waals surface area contributed by atoms with Crippen LogP contribution < -0.4 is 4.74 Å². The van der Waals surface area contributed by atoms with Crippen LogP contribution in [0.5, 0.6) is 5.75 Å². The van der Waals surface area contributed by atoms with Gasteiger partial charge in [0.1, 0.15) is 10.6 Å². The van der Waals surface area contributed by atoms with E-state index in [-0.39, 0.29) is 12.0 Å². The second-order valence-electron chi connectivity index (χ2n) is 5.63. The summed E-state index contributed by atoms with van der Waals surface area (Å²) in [6.07, 6.45) is 1.01. The van der Waals surface area contributed by atoms with Gasteiger partial charge in [-0.15, -0.1) is 11.3 Å². The number of benzene rings is 1. The normalized spacial score (nSPS) is 15.7. The lowest BCUT2D eigenvalue weighted by Crippen LogP contribution is -2.39. The van der Waals surface area contributed by atoms with Crippen molar-refractivity contribution >= 4 is 17.2 Å². The molecule has 2 heterocycles. The number of thiophene rings is 1. The minimum Gasteiger partial charge on any atom is -0.492 e. The van der Waals surface area contributed by atoms with Crippen LogP contribution in [-0.2, 0) is 0 Å². The third-order valence-corrected chi connectivity index (χ3v) is 5.16. The molecule has 1 amide bonds. The molecule has 5 heteroatoms. The number of piperidine rings is 1. The number of hydrogen-bond acceptors (Lipinski definition) is 4. The van der Waals surface area contributed by atoms with E-state index in [2.05, 4.69) is 0 Å². The molecule has 23 heavy (non-hydrogen) atoms. The van der Waals surface area contributed by atoms with Gasteiger partial charge in [-0.2, -0.15) is 0 Å². The smallest absolute Gasteiger partial charge is 0.267 e. The molecule has 1 saturated heterocycles. The number of hydrogen-bond donors (Lipinski definition) is 1. The third kappa shape index (κ3) is 3.57. The van der Waals surface area contributed by atoms with E-state index in [1.54, 1.807) is 0 Å². The number of amides is 1. The first kappa shape index (κ1) is 16.0. The highest BCUT2D eigenvalue weighted by Crippen LogP contribution is 2.37. The molecule has 0 saturated carbocycles. The second kappa shape index (κ2) is 7.15. The molecule has 1 N–H and O–H groups in total. The van der Waals surface area contributed by atoms with E-state index >= 15 is 0 Å². The fraction of sp³-hybridized carbons (Fsp3) is 0.389. The Morgan fingerprint density at radius 2 is 2.00 bits per heavy atom. The quantitative estimate of drug-likeness (QED) is 0.934. The van der Waals surface area contributed by atoms with Gasteiger partial charge in [0.25, 0.3) is 5.91 Å². The first-order chi connectivity index (χ1) is 11.2. The Labute approximate surface area is 140 Å². The van der Waals surface area contributed by atoms with Crippen LogP contribution in [0, 0.1) is 0 Å². The number of ether oxygens (including phenoxy) is 1. The summed E-state index contributed by atoms with van der Waals surface area (Å²) in [6.45, 7) is 3.66. The lowest BCUT2D eigenvalue weighted by molar-refractivity contribution is 0.0548. The van der Waals surface area contributed by atoms with Crippen LogP contribution in [0.4, 0.5) is 0 Å². The predicted molar refractivity (Wildman–Crippen MR) is 92.1 cm³/mol. The molecule has 4 nitrogen and oxygen atoms in total. The van der Waals surface area contributed by atoms with Crippen LogP contribution >= 0.6 is 11.3 Å². The molecule has 1 fully saturated rings. The maximum Gasteiger partial charge on any atom is 0.267 e. The molecular weight excluding hydrogens is 310 g/mol. The van der Waals surface area contributed by atoms with Crippen molar-refractivity contribution in [1.29, 1.82) is 0 Å². The van der Waals surface area contributed by atoms with Gasteiger partial charge in [-0.1, -0.05) is 30.3 Å². The van der Waals surface area contributed by atoms with Crippen LogP contribution in [0.25, 0.3) is 10.4 Å². The molecule has 0 radical (unpaired) electrons. The number of aliphatic hydroxyl groups excluding tert-OH is 1. The van der Waals surface area contributed by atoms with Crippen LogP contribution in [0.3, 0.4) is 0 Å². The Bertz CT molecular complexity index is 660. The van der Waals surface area contributed by atoms with Crippen molar-refractivity contribution in [3.63, 3.8) is 0 Å². The Kier molecular flexibility index (Phi) is 4.98. The van der Waals surface area contributed by atoms with E-state index in [0.29, 0.717) is 43.2 Å². The largest absolute Gasteiger partial charge is 0.492 e. The molecule has 1 aromatic heterocycles. The van der Waals surface area contributed by atoms with Gasteiger partial charge in [0.15, 0.2) is 0 Å². The van der Waals surface area contributed by atoms with E-state index < -0.39 is 0 Å². The zero-order valence-electron chi connectivity index (χ0n) is 13.2. The monoisotopic (exact) mass is 331 g/mol. The fourth-order valence-electron chi connectivity index (χ4n) is 2.74. The lowest BCUT2D eigenvalue weighted by atomic mass is 10.1. The number of rotatable bonds is 4. The summed E-state index contributed by atoms with van der Waals surface area (Å²) < 4.78 is 5.69. The second-order valence-corrected chi connectivity index (χ2v) is 6.68. The van der Waals surface area contributed by atoms with Gasteiger partial charge in [-0.3, -0.25) is 4.79 Å². The summed E-state index contributed by atoms with van der Waals surface area (Å²) >= 11 is 1.48. The highest BCUT2D eigenvalue weighted by molar-refractivity contribution is 7.17. The highest BCUT2D eigenvalue weighted by Gasteiger charge is 2.26. The minimum atomic E-state index is -0.284. The van der Waals surface area contributed by atoms with Crippen molar-refractivity contribution in [3.05, 3.63) is 41.3 Å². The molecule has 3 rings (SSSR count). The van der Waals surface area contributed by atoms with Gasteiger partial charge in [-0.25, -0.2) is 0 Å². The Balaban J connectivity index is 1.88. The molecule has 0 bridgehead atoms. The van der Waals surface area contributed by atoms with Crippen LogP contribution in [0.2, 0.25) is 0 Å². The van der Waals surface area contributed by atoms with Crippen LogP contribution in [0.15, 0.2) is 36.4 Å². The average Bonchev–Trinajstić information content (AvgIpc) is 3.00. The molecule has 1 aliphatic heterocycles. The molecule has 0 spiro atoms. The number of carbonyl (C=O) groups is 1. The summed E-state index contributed by atoms with van der Waals surface area (Å²) in [5.74, 6) is 0.667. The van der Waals surface area contributed by atoms with E-state index in [9.17, 15) is 9.90 Å². The van der Waals surface area contributed by atoms with Crippen molar-refractivity contribution in [2.24, 2.45) is 0 Å². The third-order valence-electron chi connectivity index (χ3n) is 4.00. The molecule has 1 aliphatic rings. The summed E-state index contributed by atoms with van der Waals surface area (Å²) in [4.78, 5) is 16.3. The summed E-state index contributed by atoms with van der Waals surface area (Å²) in [6, 6.07) is 12.0. The van der Waals surface area contributed by atoms with Crippen molar-refractivity contribution in [2.75, 3.05) is 19.7 Å². The van der Waals surface area contributed by atoms with Gasteiger partial charge < -0.3 is 14.7 Å². The number of nitrogens with zero attached hydrogens (tertiary/aromatic N) is 1. The van der Waals surface area contributed by atoms with Gasteiger partial charge >= 0.3 is 0 Å². The van der Waals surface area contributed by atoms with Crippen LogP contribution in [0.1, 0.15) is 29.4 Å². The van der Waals surface area contributed by atoms with Crippen molar-refractivity contribution in [3.8, 4) is 16.2 Å². The fourth-order valence-corrected chi connectivity index (χ4v) is 3.82. The Morgan fingerprint density at radius 3 is 2.65 bits per heavy atom. The van der Waals surface area contributed by atoms with Gasteiger partial charge in [0.05, 0.1) is 12.7 Å². The Hall–Kier alpha value is -1.85.